The lowest BCUT2D eigenvalue weighted by molar-refractivity contribution is 0.640. The molecule has 0 aliphatic heterocycles. The molecule has 1 nitrogen and oxygen atoms in total. The predicted molar refractivity (Wildman–Crippen MR) is 65.0 cm³/mol. The number of rotatable bonds is 1. The second-order valence-corrected chi connectivity index (χ2v) is 4.23. The van der Waals surface area contributed by atoms with E-state index in [0.717, 1.165) is 16.6 Å². The molecule has 3 heteroatoms. The van der Waals surface area contributed by atoms with E-state index in [9.17, 15) is 4.39 Å². The van der Waals surface area contributed by atoms with Crippen LogP contribution < -0.4 is 0 Å². The van der Waals surface area contributed by atoms with Gasteiger partial charge in [0.25, 0.3) is 0 Å². The Hall–Kier alpha value is -1.74. The van der Waals surface area contributed by atoms with Crippen LogP contribution in [0.25, 0.3) is 22.0 Å². The van der Waals surface area contributed by atoms with Crippen LogP contribution in [0.5, 0.6) is 0 Å². The summed E-state index contributed by atoms with van der Waals surface area (Å²) in [4.78, 5) is 4.26. The normalized spacial score (nSPS) is 10.8. The van der Waals surface area contributed by atoms with E-state index in [1.807, 2.05) is 23.6 Å². The minimum absolute atomic E-state index is 0.186. The molecule has 1 heterocycles. The molecule has 1 aromatic heterocycles. The summed E-state index contributed by atoms with van der Waals surface area (Å²) < 4.78 is 13.6. The van der Waals surface area contributed by atoms with Gasteiger partial charge in [0, 0.05) is 16.3 Å². The van der Waals surface area contributed by atoms with Crippen molar-refractivity contribution < 1.29 is 4.39 Å². The molecule has 2 aromatic carbocycles. The third kappa shape index (κ3) is 1.41. The fourth-order valence-corrected chi connectivity index (χ4v) is 2.38. The Bertz CT molecular complexity index is 631. The number of halogens is 1. The van der Waals surface area contributed by atoms with Gasteiger partial charge in [0.05, 0.1) is 11.2 Å². The molecular formula is C13H8FNS. The summed E-state index contributed by atoms with van der Waals surface area (Å²) in [6.45, 7) is 0. The second kappa shape index (κ2) is 3.68. The van der Waals surface area contributed by atoms with Crippen LogP contribution in [-0.4, -0.2) is 4.98 Å². The van der Waals surface area contributed by atoms with Crippen LogP contribution >= 0.6 is 11.3 Å². The van der Waals surface area contributed by atoms with E-state index in [4.69, 9.17) is 0 Å². The number of hydrogen-bond donors (Lipinski definition) is 0. The molecule has 3 aromatic rings. The zero-order chi connectivity index (χ0) is 11.0. The van der Waals surface area contributed by atoms with Crippen LogP contribution in [0, 0.1) is 5.82 Å². The van der Waals surface area contributed by atoms with Gasteiger partial charge in [0.15, 0.2) is 0 Å². The number of aromatic nitrogens is 1. The summed E-state index contributed by atoms with van der Waals surface area (Å²) in [6.07, 6.45) is 0. The Balaban J connectivity index is 2.39. The average Bonchev–Trinajstić information content (AvgIpc) is 2.83. The molecule has 0 saturated heterocycles. The maximum atomic E-state index is 13.6. The lowest BCUT2D eigenvalue weighted by Crippen LogP contribution is -1.84. The van der Waals surface area contributed by atoms with Crippen LogP contribution in [0.2, 0.25) is 0 Å². The van der Waals surface area contributed by atoms with Crippen LogP contribution in [0.1, 0.15) is 0 Å². The first-order chi connectivity index (χ1) is 7.86. The molecule has 0 atom stereocenters. The highest BCUT2D eigenvalue weighted by Gasteiger charge is 2.07. The second-order valence-electron chi connectivity index (χ2n) is 3.51. The Morgan fingerprint density at radius 3 is 2.56 bits per heavy atom. The molecule has 16 heavy (non-hydrogen) atoms. The molecule has 0 spiro atoms. The summed E-state index contributed by atoms with van der Waals surface area (Å²) in [6, 6.07) is 10.8. The van der Waals surface area contributed by atoms with Gasteiger partial charge < -0.3 is 0 Å². The third-order valence-corrected chi connectivity index (χ3v) is 3.17. The van der Waals surface area contributed by atoms with Crippen molar-refractivity contribution in [2.45, 2.75) is 0 Å². The Morgan fingerprint density at radius 1 is 1.00 bits per heavy atom. The van der Waals surface area contributed by atoms with Gasteiger partial charge in [-0.1, -0.05) is 24.3 Å². The topological polar surface area (TPSA) is 12.9 Å². The van der Waals surface area contributed by atoms with Crippen molar-refractivity contribution in [1.29, 1.82) is 0 Å². The SMILES string of the molecule is Fc1ccc(-c2cscn2)c2ccccc12. The first kappa shape index (κ1) is 9.48. The van der Waals surface area contributed by atoms with E-state index in [2.05, 4.69) is 4.98 Å². The van der Waals surface area contributed by atoms with Crippen LogP contribution in [0.4, 0.5) is 4.39 Å². The smallest absolute Gasteiger partial charge is 0.131 e. The monoisotopic (exact) mass is 229 g/mol. The van der Waals surface area contributed by atoms with Crippen molar-refractivity contribution in [2.75, 3.05) is 0 Å². The lowest BCUT2D eigenvalue weighted by Gasteiger charge is -2.04. The number of nitrogens with zero attached hydrogens (tertiary/aromatic N) is 1. The number of thiazole rings is 1. The molecule has 0 saturated carbocycles. The molecule has 0 N–H and O–H groups in total. The van der Waals surface area contributed by atoms with Crippen LogP contribution in [0.3, 0.4) is 0 Å². The molecule has 0 radical (unpaired) electrons. The van der Waals surface area contributed by atoms with E-state index >= 15 is 0 Å². The summed E-state index contributed by atoms with van der Waals surface area (Å²) in [5.41, 5.74) is 3.67. The first-order valence-corrected chi connectivity index (χ1v) is 5.86. The van der Waals surface area contributed by atoms with E-state index in [-0.39, 0.29) is 5.82 Å². The highest BCUT2D eigenvalue weighted by molar-refractivity contribution is 7.07. The highest BCUT2D eigenvalue weighted by Crippen LogP contribution is 2.29. The minimum atomic E-state index is -0.186. The van der Waals surface area contributed by atoms with Gasteiger partial charge in [-0.25, -0.2) is 9.37 Å². The Labute approximate surface area is 96.2 Å². The fraction of sp³-hybridized carbons (Fsp3) is 0. The third-order valence-electron chi connectivity index (χ3n) is 2.58. The largest absolute Gasteiger partial charge is 0.245 e. The molecule has 0 fully saturated rings. The Kier molecular flexibility index (Phi) is 2.18. The van der Waals surface area contributed by atoms with Gasteiger partial charge in [0.1, 0.15) is 5.82 Å². The van der Waals surface area contributed by atoms with Crippen molar-refractivity contribution >= 4 is 22.1 Å². The van der Waals surface area contributed by atoms with Gasteiger partial charge in [-0.15, -0.1) is 11.3 Å². The van der Waals surface area contributed by atoms with Crippen molar-refractivity contribution in [3.63, 3.8) is 0 Å². The van der Waals surface area contributed by atoms with E-state index in [1.54, 1.807) is 29.0 Å². The summed E-state index contributed by atoms with van der Waals surface area (Å²) >= 11 is 1.54. The standard InChI is InChI=1S/C13H8FNS/c14-12-6-5-11(13-7-16-8-15-13)9-3-1-2-4-10(9)12/h1-8H. The summed E-state index contributed by atoms with van der Waals surface area (Å²) in [7, 11) is 0. The van der Waals surface area contributed by atoms with E-state index in [1.165, 1.54) is 6.07 Å². The van der Waals surface area contributed by atoms with Crippen molar-refractivity contribution in [3.8, 4) is 11.3 Å². The molecule has 78 valence electrons. The number of fused-ring (bicyclic) bond motifs is 1. The van der Waals surface area contributed by atoms with Gasteiger partial charge in [-0.2, -0.15) is 0 Å². The van der Waals surface area contributed by atoms with Crippen molar-refractivity contribution in [2.24, 2.45) is 0 Å². The van der Waals surface area contributed by atoms with E-state index < -0.39 is 0 Å². The summed E-state index contributed by atoms with van der Waals surface area (Å²) in [5.74, 6) is -0.186. The van der Waals surface area contributed by atoms with Gasteiger partial charge in [-0.05, 0) is 17.5 Å². The predicted octanol–water partition coefficient (Wildman–Crippen LogP) is 4.10. The van der Waals surface area contributed by atoms with Crippen molar-refractivity contribution in [1.82, 2.24) is 4.98 Å². The maximum Gasteiger partial charge on any atom is 0.131 e. The molecule has 0 amide bonds. The molecule has 0 unspecified atom stereocenters. The van der Waals surface area contributed by atoms with Gasteiger partial charge in [0.2, 0.25) is 0 Å². The fourth-order valence-electron chi connectivity index (χ4n) is 1.83. The maximum absolute atomic E-state index is 13.6. The zero-order valence-electron chi connectivity index (χ0n) is 8.35. The molecule has 0 bridgehead atoms. The first-order valence-electron chi connectivity index (χ1n) is 4.92. The zero-order valence-corrected chi connectivity index (χ0v) is 9.17. The highest BCUT2D eigenvalue weighted by atomic mass is 32.1. The van der Waals surface area contributed by atoms with Gasteiger partial charge in [-0.3, -0.25) is 0 Å². The number of benzene rings is 2. The van der Waals surface area contributed by atoms with Crippen LogP contribution in [-0.2, 0) is 0 Å². The number of hydrogen-bond acceptors (Lipinski definition) is 2. The minimum Gasteiger partial charge on any atom is -0.245 e. The quantitative estimate of drug-likeness (QED) is 0.612. The Morgan fingerprint density at radius 2 is 1.81 bits per heavy atom. The van der Waals surface area contributed by atoms with Gasteiger partial charge >= 0.3 is 0 Å². The summed E-state index contributed by atoms with van der Waals surface area (Å²) in [5, 5.41) is 3.53. The van der Waals surface area contributed by atoms with Crippen LogP contribution in [0.15, 0.2) is 47.3 Å². The average molecular weight is 229 g/mol. The molecule has 0 aliphatic carbocycles. The van der Waals surface area contributed by atoms with E-state index in [0.29, 0.717) is 5.39 Å². The molecular weight excluding hydrogens is 221 g/mol. The lowest BCUT2D eigenvalue weighted by atomic mass is 10.0. The molecule has 0 aliphatic rings. The molecule has 3 rings (SSSR count). The van der Waals surface area contributed by atoms with Crippen molar-refractivity contribution in [3.05, 3.63) is 53.1 Å².